The maximum atomic E-state index is 12.0. The van der Waals surface area contributed by atoms with Crippen molar-refractivity contribution in [3.63, 3.8) is 0 Å². The topological polar surface area (TPSA) is 69.6 Å². The van der Waals surface area contributed by atoms with Crippen LogP contribution in [0.5, 0.6) is 0 Å². The summed E-state index contributed by atoms with van der Waals surface area (Å²) in [6.45, 7) is 3.70. The third kappa shape index (κ3) is 4.49. The van der Waals surface area contributed by atoms with Crippen LogP contribution >= 0.6 is 11.8 Å². The second kappa shape index (κ2) is 7.63. The molecule has 6 heteroatoms. The average Bonchev–Trinajstić information content (AvgIpc) is 2.86. The van der Waals surface area contributed by atoms with Crippen LogP contribution in [0.2, 0.25) is 0 Å². The maximum Gasteiger partial charge on any atom is 0.326 e. The number of aliphatic carboxylic acids is 1. The van der Waals surface area contributed by atoms with Crippen LogP contribution in [0, 0.1) is 0 Å². The van der Waals surface area contributed by atoms with Gasteiger partial charge in [0.25, 0.3) is 0 Å². The third-order valence-corrected chi connectivity index (χ3v) is 3.94. The highest BCUT2D eigenvalue weighted by Gasteiger charge is 2.27. The van der Waals surface area contributed by atoms with Gasteiger partial charge in [-0.05, 0) is 51.3 Å². The third-order valence-electron chi connectivity index (χ3n) is 3.29. The van der Waals surface area contributed by atoms with Crippen molar-refractivity contribution in [1.29, 1.82) is 0 Å². The molecule has 1 amide bonds. The van der Waals surface area contributed by atoms with Crippen LogP contribution < -0.4 is 5.32 Å². The van der Waals surface area contributed by atoms with Crippen molar-refractivity contribution in [3.05, 3.63) is 0 Å². The quantitative estimate of drug-likeness (QED) is 0.718. The van der Waals surface area contributed by atoms with Crippen LogP contribution in [-0.2, 0) is 9.59 Å². The summed E-state index contributed by atoms with van der Waals surface area (Å²) < 4.78 is 0. The van der Waals surface area contributed by atoms with Gasteiger partial charge in [-0.1, -0.05) is 0 Å². The molecule has 0 saturated carbocycles. The SMILES string of the molecule is CSCCC(NC(=O)C(C)N1CCCC1)C(=O)O. The minimum absolute atomic E-state index is 0.176. The van der Waals surface area contributed by atoms with Gasteiger partial charge in [0.2, 0.25) is 5.91 Å². The fourth-order valence-corrected chi connectivity index (χ4v) is 2.55. The van der Waals surface area contributed by atoms with Gasteiger partial charge < -0.3 is 10.4 Å². The van der Waals surface area contributed by atoms with Crippen LogP contribution in [0.25, 0.3) is 0 Å². The fourth-order valence-electron chi connectivity index (χ4n) is 2.08. The van der Waals surface area contributed by atoms with Crippen molar-refractivity contribution in [2.24, 2.45) is 0 Å². The molecule has 0 aromatic carbocycles. The van der Waals surface area contributed by atoms with Crippen LogP contribution in [0.4, 0.5) is 0 Å². The van der Waals surface area contributed by atoms with Crippen LogP contribution in [-0.4, -0.2) is 59.1 Å². The number of carbonyl (C=O) groups is 2. The van der Waals surface area contributed by atoms with E-state index in [1.807, 2.05) is 13.2 Å². The minimum atomic E-state index is -0.953. The summed E-state index contributed by atoms with van der Waals surface area (Å²) in [7, 11) is 0. The zero-order valence-corrected chi connectivity index (χ0v) is 11.8. The summed E-state index contributed by atoms with van der Waals surface area (Å²) in [6.07, 6.45) is 4.63. The highest BCUT2D eigenvalue weighted by molar-refractivity contribution is 7.98. The minimum Gasteiger partial charge on any atom is -0.480 e. The van der Waals surface area contributed by atoms with E-state index >= 15 is 0 Å². The summed E-state index contributed by atoms with van der Waals surface area (Å²) in [5.74, 6) is -0.397. The molecule has 1 aliphatic heterocycles. The number of likely N-dealkylation sites (tertiary alicyclic amines) is 1. The predicted molar refractivity (Wildman–Crippen MR) is 72.8 cm³/mol. The smallest absolute Gasteiger partial charge is 0.326 e. The molecule has 0 aliphatic carbocycles. The molecule has 1 saturated heterocycles. The molecule has 2 N–H and O–H groups in total. The number of thioether (sulfide) groups is 1. The van der Waals surface area contributed by atoms with E-state index in [1.165, 1.54) is 0 Å². The van der Waals surface area contributed by atoms with E-state index in [2.05, 4.69) is 10.2 Å². The molecule has 1 fully saturated rings. The Balaban J connectivity index is 2.46. The van der Waals surface area contributed by atoms with Crippen molar-refractivity contribution < 1.29 is 14.7 Å². The number of rotatable bonds is 7. The largest absolute Gasteiger partial charge is 0.480 e. The fraction of sp³-hybridized carbons (Fsp3) is 0.833. The number of carbonyl (C=O) groups excluding carboxylic acids is 1. The molecule has 0 aromatic heterocycles. The first-order valence-corrected chi connectivity index (χ1v) is 7.71. The van der Waals surface area contributed by atoms with Crippen LogP contribution in [0.15, 0.2) is 0 Å². The Hall–Kier alpha value is -0.750. The lowest BCUT2D eigenvalue weighted by atomic mass is 10.2. The number of hydrogen-bond acceptors (Lipinski definition) is 4. The first kappa shape index (κ1) is 15.3. The highest BCUT2D eigenvalue weighted by Crippen LogP contribution is 2.12. The molecule has 18 heavy (non-hydrogen) atoms. The zero-order chi connectivity index (χ0) is 13.5. The highest BCUT2D eigenvalue weighted by atomic mass is 32.2. The molecule has 2 atom stereocenters. The summed E-state index contributed by atoms with van der Waals surface area (Å²) in [6, 6.07) is -1.00. The molecule has 2 unspecified atom stereocenters. The van der Waals surface area contributed by atoms with Crippen molar-refractivity contribution >= 4 is 23.6 Å². The van der Waals surface area contributed by atoms with E-state index in [0.29, 0.717) is 6.42 Å². The van der Waals surface area contributed by atoms with Gasteiger partial charge in [0.1, 0.15) is 6.04 Å². The van der Waals surface area contributed by atoms with E-state index < -0.39 is 12.0 Å². The summed E-state index contributed by atoms with van der Waals surface area (Å²) in [5, 5.41) is 11.7. The summed E-state index contributed by atoms with van der Waals surface area (Å²) >= 11 is 1.58. The van der Waals surface area contributed by atoms with Crippen molar-refractivity contribution in [3.8, 4) is 0 Å². The lowest BCUT2D eigenvalue weighted by Crippen LogP contribution is -2.49. The molecule has 104 valence electrons. The molecular weight excluding hydrogens is 252 g/mol. The Morgan fingerprint density at radius 3 is 2.50 bits per heavy atom. The van der Waals surface area contributed by atoms with Crippen molar-refractivity contribution in [2.75, 3.05) is 25.1 Å². The molecule has 5 nitrogen and oxygen atoms in total. The van der Waals surface area contributed by atoms with Gasteiger partial charge in [-0.3, -0.25) is 9.69 Å². The number of amides is 1. The molecule has 0 spiro atoms. The molecule has 1 rings (SSSR count). The van der Waals surface area contributed by atoms with Gasteiger partial charge in [0.05, 0.1) is 6.04 Å². The number of nitrogens with zero attached hydrogens (tertiary/aromatic N) is 1. The lowest BCUT2D eigenvalue weighted by molar-refractivity contribution is -0.142. The Bertz CT molecular complexity index is 293. The van der Waals surface area contributed by atoms with E-state index in [-0.39, 0.29) is 11.9 Å². The molecule has 1 heterocycles. The standard InChI is InChI=1S/C12H22N2O3S/c1-9(14-6-3-4-7-14)11(15)13-10(12(16)17)5-8-18-2/h9-10H,3-8H2,1-2H3,(H,13,15)(H,16,17). The van der Waals surface area contributed by atoms with Crippen molar-refractivity contribution in [2.45, 2.75) is 38.3 Å². The van der Waals surface area contributed by atoms with E-state index in [1.54, 1.807) is 11.8 Å². The number of carboxylic acid groups (broad SMARTS) is 1. The lowest BCUT2D eigenvalue weighted by Gasteiger charge is -2.24. The Morgan fingerprint density at radius 2 is 2.00 bits per heavy atom. The van der Waals surface area contributed by atoms with E-state index in [0.717, 1.165) is 31.7 Å². The zero-order valence-electron chi connectivity index (χ0n) is 11.0. The normalized spacial score (nSPS) is 19.4. The molecule has 1 aliphatic rings. The Kier molecular flexibility index (Phi) is 6.49. The van der Waals surface area contributed by atoms with E-state index in [4.69, 9.17) is 5.11 Å². The van der Waals surface area contributed by atoms with Gasteiger partial charge in [-0.2, -0.15) is 11.8 Å². The van der Waals surface area contributed by atoms with Gasteiger partial charge in [0, 0.05) is 0 Å². The monoisotopic (exact) mass is 274 g/mol. The molecular formula is C12H22N2O3S. The maximum absolute atomic E-state index is 12.0. The number of nitrogens with one attached hydrogen (secondary N) is 1. The van der Waals surface area contributed by atoms with E-state index in [9.17, 15) is 9.59 Å². The summed E-state index contributed by atoms with van der Waals surface area (Å²) in [5.41, 5.74) is 0. The second-order valence-corrected chi connectivity index (χ2v) is 5.59. The van der Waals surface area contributed by atoms with Gasteiger partial charge in [0.15, 0.2) is 0 Å². The average molecular weight is 274 g/mol. The second-order valence-electron chi connectivity index (χ2n) is 4.60. The van der Waals surface area contributed by atoms with Crippen molar-refractivity contribution in [1.82, 2.24) is 10.2 Å². The van der Waals surface area contributed by atoms with Gasteiger partial charge >= 0.3 is 5.97 Å². The molecule has 0 radical (unpaired) electrons. The first-order valence-electron chi connectivity index (χ1n) is 6.32. The number of carboxylic acids is 1. The van der Waals surface area contributed by atoms with Gasteiger partial charge in [-0.25, -0.2) is 4.79 Å². The predicted octanol–water partition coefficient (Wildman–Crippen LogP) is 0.793. The summed E-state index contributed by atoms with van der Waals surface area (Å²) in [4.78, 5) is 25.1. The molecule has 0 bridgehead atoms. The van der Waals surface area contributed by atoms with Crippen LogP contribution in [0.3, 0.4) is 0 Å². The van der Waals surface area contributed by atoms with Gasteiger partial charge in [-0.15, -0.1) is 0 Å². The Morgan fingerprint density at radius 1 is 1.39 bits per heavy atom. The Labute approximate surface area is 112 Å². The van der Waals surface area contributed by atoms with Crippen LogP contribution in [0.1, 0.15) is 26.2 Å². The molecule has 0 aromatic rings. The number of hydrogen-bond donors (Lipinski definition) is 2. The first-order chi connectivity index (χ1) is 8.56.